The van der Waals surface area contributed by atoms with Crippen LogP contribution in [0.4, 0.5) is 0 Å². The first-order valence-corrected chi connectivity index (χ1v) is 5.33. The van der Waals surface area contributed by atoms with Crippen molar-refractivity contribution in [2.45, 2.75) is 26.2 Å². The molecular formula is C11H18N2O. The Morgan fingerprint density at radius 3 is 2.79 bits per heavy atom. The number of carbonyl (C=O) groups is 1. The van der Waals surface area contributed by atoms with Gasteiger partial charge in [-0.1, -0.05) is 11.6 Å². The normalized spacial score (nSPS) is 24.4. The molecule has 1 amide bonds. The highest BCUT2D eigenvalue weighted by Gasteiger charge is 2.50. The van der Waals surface area contributed by atoms with Crippen molar-refractivity contribution in [1.29, 1.82) is 0 Å². The van der Waals surface area contributed by atoms with Crippen LogP contribution in [0, 0.1) is 5.41 Å². The van der Waals surface area contributed by atoms with Crippen LogP contribution in [0.2, 0.25) is 0 Å². The summed E-state index contributed by atoms with van der Waals surface area (Å²) in [6.45, 7) is 4.30. The molecule has 1 fully saturated rings. The molecular weight excluding hydrogens is 176 g/mol. The number of amides is 1. The van der Waals surface area contributed by atoms with Crippen LogP contribution in [0.1, 0.15) is 26.2 Å². The SMILES string of the molecule is CC1=CCN(C(=O)C2(CN)CC2)CC1. The molecule has 1 aliphatic carbocycles. The van der Waals surface area contributed by atoms with E-state index >= 15 is 0 Å². The van der Waals surface area contributed by atoms with E-state index in [1.807, 2.05) is 4.90 Å². The maximum atomic E-state index is 12.0. The van der Waals surface area contributed by atoms with Gasteiger partial charge in [0.15, 0.2) is 0 Å². The van der Waals surface area contributed by atoms with Gasteiger partial charge in [0, 0.05) is 19.6 Å². The van der Waals surface area contributed by atoms with Crippen molar-refractivity contribution in [1.82, 2.24) is 4.90 Å². The first-order valence-electron chi connectivity index (χ1n) is 5.33. The molecule has 3 nitrogen and oxygen atoms in total. The largest absolute Gasteiger partial charge is 0.338 e. The van der Waals surface area contributed by atoms with Crippen molar-refractivity contribution in [3.63, 3.8) is 0 Å². The molecule has 0 spiro atoms. The van der Waals surface area contributed by atoms with Crippen LogP contribution in [-0.2, 0) is 4.79 Å². The zero-order valence-electron chi connectivity index (χ0n) is 8.75. The van der Waals surface area contributed by atoms with Crippen molar-refractivity contribution in [3.8, 4) is 0 Å². The molecule has 0 aromatic heterocycles. The van der Waals surface area contributed by atoms with Gasteiger partial charge in [-0.15, -0.1) is 0 Å². The topological polar surface area (TPSA) is 46.3 Å². The summed E-state index contributed by atoms with van der Waals surface area (Å²) in [5.41, 5.74) is 6.87. The number of hydrogen-bond acceptors (Lipinski definition) is 2. The minimum Gasteiger partial charge on any atom is -0.338 e. The Morgan fingerprint density at radius 2 is 2.36 bits per heavy atom. The number of rotatable bonds is 2. The zero-order valence-corrected chi connectivity index (χ0v) is 8.75. The third kappa shape index (κ3) is 1.57. The highest BCUT2D eigenvalue weighted by Crippen LogP contribution is 2.46. The molecule has 1 heterocycles. The van der Waals surface area contributed by atoms with E-state index in [0.29, 0.717) is 6.54 Å². The predicted molar refractivity (Wildman–Crippen MR) is 55.7 cm³/mol. The van der Waals surface area contributed by atoms with Gasteiger partial charge < -0.3 is 10.6 Å². The highest BCUT2D eigenvalue weighted by atomic mass is 16.2. The van der Waals surface area contributed by atoms with Gasteiger partial charge in [-0.2, -0.15) is 0 Å². The molecule has 0 radical (unpaired) electrons. The van der Waals surface area contributed by atoms with E-state index in [1.54, 1.807) is 0 Å². The van der Waals surface area contributed by atoms with E-state index in [1.165, 1.54) is 5.57 Å². The van der Waals surface area contributed by atoms with Gasteiger partial charge in [-0.25, -0.2) is 0 Å². The summed E-state index contributed by atoms with van der Waals surface area (Å²) in [6, 6.07) is 0. The Morgan fingerprint density at radius 1 is 1.64 bits per heavy atom. The number of nitrogens with two attached hydrogens (primary N) is 1. The smallest absolute Gasteiger partial charge is 0.230 e. The fourth-order valence-corrected chi connectivity index (χ4v) is 1.95. The molecule has 78 valence electrons. The second-order valence-corrected chi connectivity index (χ2v) is 4.54. The average molecular weight is 194 g/mol. The van der Waals surface area contributed by atoms with Crippen LogP contribution in [0.15, 0.2) is 11.6 Å². The highest BCUT2D eigenvalue weighted by molar-refractivity contribution is 5.86. The van der Waals surface area contributed by atoms with Gasteiger partial charge in [0.25, 0.3) is 0 Å². The Kier molecular flexibility index (Phi) is 2.35. The standard InChI is InChI=1S/C11H18N2O/c1-9-2-6-13(7-3-9)10(14)11(8-12)4-5-11/h2H,3-8,12H2,1H3. The van der Waals surface area contributed by atoms with Crippen molar-refractivity contribution in [2.24, 2.45) is 11.1 Å². The van der Waals surface area contributed by atoms with E-state index in [4.69, 9.17) is 5.73 Å². The van der Waals surface area contributed by atoms with E-state index in [0.717, 1.165) is 32.4 Å². The van der Waals surface area contributed by atoms with Gasteiger partial charge in [0.2, 0.25) is 5.91 Å². The molecule has 1 aliphatic heterocycles. The first-order chi connectivity index (χ1) is 6.68. The van der Waals surface area contributed by atoms with Crippen molar-refractivity contribution < 1.29 is 4.79 Å². The molecule has 2 rings (SSSR count). The molecule has 0 saturated heterocycles. The fourth-order valence-electron chi connectivity index (χ4n) is 1.95. The Hall–Kier alpha value is -0.830. The molecule has 2 N–H and O–H groups in total. The number of nitrogens with zero attached hydrogens (tertiary/aromatic N) is 1. The van der Waals surface area contributed by atoms with Crippen LogP contribution in [0.3, 0.4) is 0 Å². The van der Waals surface area contributed by atoms with Gasteiger partial charge in [0.05, 0.1) is 5.41 Å². The Balaban J connectivity index is 2.00. The summed E-state index contributed by atoms with van der Waals surface area (Å²) in [5.74, 6) is 0.281. The summed E-state index contributed by atoms with van der Waals surface area (Å²) in [6.07, 6.45) is 5.14. The lowest BCUT2D eigenvalue weighted by Crippen LogP contribution is -2.42. The lowest BCUT2D eigenvalue weighted by Gasteiger charge is -2.29. The molecule has 0 aromatic carbocycles. The summed E-state index contributed by atoms with van der Waals surface area (Å²) in [5, 5.41) is 0. The lowest BCUT2D eigenvalue weighted by atomic mass is 10.0. The van der Waals surface area contributed by atoms with Gasteiger partial charge in [-0.3, -0.25) is 4.79 Å². The maximum Gasteiger partial charge on any atom is 0.230 e. The molecule has 1 saturated carbocycles. The van der Waals surface area contributed by atoms with E-state index in [9.17, 15) is 4.79 Å². The zero-order chi connectivity index (χ0) is 10.2. The van der Waals surface area contributed by atoms with Crippen molar-refractivity contribution >= 4 is 5.91 Å². The molecule has 0 atom stereocenters. The molecule has 0 aromatic rings. The third-order valence-corrected chi connectivity index (χ3v) is 3.42. The van der Waals surface area contributed by atoms with Crippen LogP contribution in [-0.4, -0.2) is 30.4 Å². The van der Waals surface area contributed by atoms with Crippen LogP contribution in [0.5, 0.6) is 0 Å². The van der Waals surface area contributed by atoms with E-state index < -0.39 is 0 Å². The monoisotopic (exact) mass is 194 g/mol. The predicted octanol–water partition coefficient (Wildman–Crippen LogP) is 0.904. The molecule has 0 bridgehead atoms. The quantitative estimate of drug-likeness (QED) is 0.664. The summed E-state index contributed by atoms with van der Waals surface area (Å²) in [7, 11) is 0. The third-order valence-electron chi connectivity index (χ3n) is 3.42. The lowest BCUT2D eigenvalue weighted by molar-refractivity contribution is -0.136. The minimum absolute atomic E-state index is 0.168. The van der Waals surface area contributed by atoms with Gasteiger partial charge in [0.1, 0.15) is 0 Å². The summed E-state index contributed by atoms with van der Waals surface area (Å²) >= 11 is 0. The molecule has 14 heavy (non-hydrogen) atoms. The Bertz CT molecular complexity index is 279. The number of hydrogen-bond donors (Lipinski definition) is 1. The van der Waals surface area contributed by atoms with Gasteiger partial charge in [-0.05, 0) is 26.2 Å². The first kappa shape index (κ1) is 9.71. The molecule has 0 unspecified atom stereocenters. The van der Waals surface area contributed by atoms with Crippen LogP contribution >= 0.6 is 0 Å². The van der Waals surface area contributed by atoms with E-state index in [2.05, 4.69) is 13.0 Å². The molecule has 3 heteroatoms. The second-order valence-electron chi connectivity index (χ2n) is 4.54. The maximum absolute atomic E-state index is 12.0. The van der Waals surface area contributed by atoms with E-state index in [-0.39, 0.29) is 11.3 Å². The summed E-state index contributed by atoms with van der Waals surface area (Å²) < 4.78 is 0. The van der Waals surface area contributed by atoms with Crippen molar-refractivity contribution in [2.75, 3.05) is 19.6 Å². The minimum atomic E-state index is -0.168. The van der Waals surface area contributed by atoms with Crippen LogP contribution < -0.4 is 5.73 Å². The van der Waals surface area contributed by atoms with Crippen LogP contribution in [0.25, 0.3) is 0 Å². The fraction of sp³-hybridized carbons (Fsp3) is 0.727. The number of carbonyl (C=O) groups excluding carboxylic acids is 1. The second kappa shape index (κ2) is 3.39. The Labute approximate surface area is 84.9 Å². The summed E-state index contributed by atoms with van der Waals surface area (Å²) in [4.78, 5) is 14.0. The van der Waals surface area contributed by atoms with Crippen molar-refractivity contribution in [3.05, 3.63) is 11.6 Å². The van der Waals surface area contributed by atoms with Gasteiger partial charge >= 0.3 is 0 Å². The molecule has 2 aliphatic rings. The average Bonchev–Trinajstić information content (AvgIpc) is 2.99.